The molecule has 0 N–H and O–H groups in total. The van der Waals surface area contributed by atoms with Crippen LogP contribution in [-0.4, -0.2) is 47.7 Å². The quantitative estimate of drug-likeness (QED) is 0.560. The first kappa shape index (κ1) is 18.6. The average molecular weight is 418 g/mol. The van der Waals surface area contributed by atoms with Crippen LogP contribution in [0.15, 0.2) is 52.9 Å². The molecule has 0 radical (unpaired) electrons. The van der Waals surface area contributed by atoms with Gasteiger partial charge in [-0.3, -0.25) is 4.79 Å². The Balaban J connectivity index is 1.24. The summed E-state index contributed by atoms with van der Waals surface area (Å²) in [5, 5.41) is 0.748. The van der Waals surface area contributed by atoms with Crippen molar-refractivity contribution >= 4 is 56.5 Å². The number of rotatable bonds is 5. The topological polar surface area (TPSA) is 36.4 Å². The highest BCUT2D eigenvalue weighted by molar-refractivity contribution is 8.01. The van der Waals surface area contributed by atoms with Crippen LogP contribution in [0.4, 0.5) is 5.69 Å². The highest BCUT2D eigenvalue weighted by atomic mass is 35.5. The number of piperazine rings is 1. The average Bonchev–Trinajstić information content (AvgIpc) is 3.11. The summed E-state index contributed by atoms with van der Waals surface area (Å²) >= 11 is 9.44. The molecule has 1 saturated heterocycles. The SMILES string of the molecule is O=C(CCSc1nc2ccccc2s1)N1CCN(c2cccc(Cl)c2)CC1. The van der Waals surface area contributed by atoms with E-state index in [2.05, 4.69) is 22.0 Å². The predicted molar refractivity (Wildman–Crippen MR) is 115 cm³/mol. The van der Waals surface area contributed by atoms with Crippen molar-refractivity contribution in [3.63, 3.8) is 0 Å². The Hall–Kier alpha value is -1.76. The summed E-state index contributed by atoms with van der Waals surface area (Å²) in [4.78, 5) is 21.4. The van der Waals surface area contributed by atoms with Gasteiger partial charge in [-0.15, -0.1) is 11.3 Å². The number of hydrogen-bond donors (Lipinski definition) is 0. The number of aromatic nitrogens is 1. The minimum absolute atomic E-state index is 0.231. The molecule has 0 aliphatic carbocycles. The lowest BCUT2D eigenvalue weighted by atomic mass is 10.2. The number of thioether (sulfide) groups is 1. The van der Waals surface area contributed by atoms with Crippen LogP contribution in [0.25, 0.3) is 10.2 Å². The second-order valence-electron chi connectivity index (χ2n) is 6.39. The van der Waals surface area contributed by atoms with Gasteiger partial charge in [0.05, 0.1) is 10.2 Å². The molecule has 2 aromatic carbocycles. The minimum atomic E-state index is 0.231. The van der Waals surface area contributed by atoms with Crippen molar-refractivity contribution in [3.05, 3.63) is 53.6 Å². The zero-order valence-corrected chi connectivity index (χ0v) is 17.2. The van der Waals surface area contributed by atoms with Crippen molar-refractivity contribution in [2.24, 2.45) is 0 Å². The lowest BCUT2D eigenvalue weighted by molar-refractivity contribution is -0.131. The molecule has 0 saturated carbocycles. The summed E-state index contributed by atoms with van der Waals surface area (Å²) in [6.45, 7) is 3.21. The zero-order chi connectivity index (χ0) is 18.6. The second kappa shape index (κ2) is 8.50. The molecule has 2 heterocycles. The third-order valence-corrected chi connectivity index (χ3v) is 7.04. The van der Waals surface area contributed by atoms with Gasteiger partial charge in [-0.1, -0.05) is 41.6 Å². The van der Waals surface area contributed by atoms with Gasteiger partial charge in [0.2, 0.25) is 5.91 Å². The molecule has 7 heteroatoms. The maximum Gasteiger partial charge on any atom is 0.223 e. The Kier molecular flexibility index (Phi) is 5.86. The molecule has 1 aliphatic heterocycles. The molecule has 4 rings (SSSR count). The molecule has 1 amide bonds. The number of fused-ring (bicyclic) bond motifs is 1. The number of anilines is 1. The predicted octanol–water partition coefficient (Wildman–Crippen LogP) is 4.78. The molecule has 27 heavy (non-hydrogen) atoms. The third-order valence-electron chi connectivity index (χ3n) is 4.62. The summed E-state index contributed by atoms with van der Waals surface area (Å²) in [6, 6.07) is 16.0. The van der Waals surface area contributed by atoms with Crippen molar-refractivity contribution in [1.29, 1.82) is 0 Å². The number of thiazole rings is 1. The van der Waals surface area contributed by atoms with Crippen molar-refractivity contribution in [2.45, 2.75) is 10.8 Å². The number of benzene rings is 2. The van der Waals surface area contributed by atoms with Crippen LogP contribution < -0.4 is 4.90 Å². The van der Waals surface area contributed by atoms with Crippen LogP contribution in [0.2, 0.25) is 5.02 Å². The van der Waals surface area contributed by atoms with Crippen LogP contribution in [-0.2, 0) is 4.79 Å². The Morgan fingerprint density at radius 3 is 2.70 bits per heavy atom. The third kappa shape index (κ3) is 4.57. The molecule has 3 aromatic rings. The molecular formula is C20H20ClN3OS2. The molecule has 0 spiro atoms. The number of hydrogen-bond acceptors (Lipinski definition) is 5. The highest BCUT2D eigenvalue weighted by Gasteiger charge is 2.21. The number of carbonyl (C=O) groups is 1. The Morgan fingerprint density at radius 1 is 1.11 bits per heavy atom. The van der Waals surface area contributed by atoms with Gasteiger partial charge in [0.1, 0.15) is 0 Å². The molecular weight excluding hydrogens is 398 g/mol. The highest BCUT2D eigenvalue weighted by Crippen LogP contribution is 2.29. The van der Waals surface area contributed by atoms with Crippen molar-refractivity contribution in [2.75, 3.05) is 36.8 Å². The van der Waals surface area contributed by atoms with E-state index in [1.165, 1.54) is 4.70 Å². The lowest BCUT2D eigenvalue weighted by Crippen LogP contribution is -2.48. The van der Waals surface area contributed by atoms with E-state index in [0.29, 0.717) is 6.42 Å². The van der Waals surface area contributed by atoms with Crippen molar-refractivity contribution < 1.29 is 4.79 Å². The molecule has 1 fully saturated rings. The molecule has 4 nitrogen and oxygen atoms in total. The maximum absolute atomic E-state index is 12.5. The van der Waals surface area contributed by atoms with Gasteiger partial charge in [-0.05, 0) is 30.3 Å². The van der Waals surface area contributed by atoms with Gasteiger partial charge < -0.3 is 9.80 Å². The monoisotopic (exact) mass is 417 g/mol. The molecule has 1 aliphatic rings. The Labute approximate surface area is 172 Å². The second-order valence-corrected chi connectivity index (χ2v) is 9.20. The van der Waals surface area contributed by atoms with E-state index < -0.39 is 0 Å². The van der Waals surface area contributed by atoms with Crippen LogP contribution in [0, 0.1) is 0 Å². The van der Waals surface area contributed by atoms with Gasteiger partial charge >= 0.3 is 0 Å². The standard InChI is InChI=1S/C20H20ClN3OS2/c21-15-4-3-5-16(14-15)23-9-11-24(12-10-23)19(25)8-13-26-20-22-17-6-1-2-7-18(17)27-20/h1-7,14H,8-13H2. The van der Waals surface area contributed by atoms with E-state index in [1.807, 2.05) is 41.3 Å². The number of amides is 1. The van der Waals surface area contributed by atoms with Crippen LogP contribution >= 0.6 is 34.7 Å². The van der Waals surface area contributed by atoms with E-state index in [1.54, 1.807) is 23.1 Å². The zero-order valence-electron chi connectivity index (χ0n) is 14.8. The van der Waals surface area contributed by atoms with Gasteiger partial charge in [-0.25, -0.2) is 4.98 Å². The Bertz CT molecular complexity index is 905. The first-order valence-electron chi connectivity index (χ1n) is 8.96. The number of nitrogens with zero attached hydrogens (tertiary/aromatic N) is 3. The fourth-order valence-corrected chi connectivity index (χ4v) is 5.43. The van der Waals surface area contributed by atoms with E-state index >= 15 is 0 Å². The van der Waals surface area contributed by atoms with Gasteiger partial charge in [0.15, 0.2) is 4.34 Å². The van der Waals surface area contributed by atoms with Crippen molar-refractivity contribution in [1.82, 2.24) is 9.88 Å². The maximum atomic E-state index is 12.5. The summed E-state index contributed by atoms with van der Waals surface area (Å²) < 4.78 is 2.23. The van der Waals surface area contributed by atoms with E-state index in [-0.39, 0.29) is 5.91 Å². The molecule has 1 aromatic heterocycles. The first-order valence-corrected chi connectivity index (χ1v) is 11.1. The summed E-state index contributed by atoms with van der Waals surface area (Å²) in [7, 11) is 0. The normalized spacial score (nSPS) is 14.7. The molecule has 0 unspecified atom stereocenters. The number of halogens is 1. The molecule has 0 bridgehead atoms. The van der Waals surface area contributed by atoms with E-state index in [4.69, 9.17) is 11.6 Å². The van der Waals surface area contributed by atoms with Gasteiger partial charge in [0, 0.05) is 49.1 Å². The van der Waals surface area contributed by atoms with Gasteiger partial charge in [0.25, 0.3) is 0 Å². The van der Waals surface area contributed by atoms with Crippen molar-refractivity contribution in [3.8, 4) is 0 Å². The Morgan fingerprint density at radius 2 is 1.93 bits per heavy atom. The lowest BCUT2D eigenvalue weighted by Gasteiger charge is -2.36. The van der Waals surface area contributed by atoms with E-state index in [9.17, 15) is 4.79 Å². The van der Waals surface area contributed by atoms with Crippen LogP contribution in [0.5, 0.6) is 0 Å². The largest absolute Gasteiger partial charge is 0.368 e. The number of para-hydroxylation sites is 1. The summed E-state index contributed by atoms with van der Waals surface area (Å²) in [5.41, 5.74) is 2.16. The van der Waals surface area contributed by atoms with E-state index in [0.717, 1.165) is 52.5 Å². The van der Waals surface area contributed by atoms with Crippen LogP contribution in [0.1, 0.15) is 6.42 Å². The molecule has 140 valence electrons. The smallest absolute Gasteiger partial charge is 0.223 e. The molecule has 0 atom stereocenters. The fourth-order valence-electron chi connectivity index (χ4n) is 3.18. The van der Waals surface area contributed by atoms with Gasteiger partial charge in [-0.2, -0.15) is 0 Å². The summed E-state index contributed by atoms with van der Waals surface area (Å²) in [6.07, 6.45) is 0.553. The van der Waals surface area contributed by atoms with Crippen LogP contribution in [0.3, 0.4) is 0 Å². The minimum Gasteiger partial charge on any atom is -0.368 e. The number of carbonyl (C=O) groups excluding carboxylic acids is 1. The first-order chi connectivity index (χ1) is 13.2. The summed E-state index contributed by atoms with van der Waals surface area (Å²) in [5.74, 6) is 1.00. The fraction of sp³-hybridized carbons (Fsp3) is 0.300.